The summed E-state index contributed by atoms with van der Waals surface area (Å²) >= 11 is 3.49. The van der Waals surface area contributed by atoms with Crippen LogP contribution < -0.4 is 0 Å². The first kappa shape index (κ1) is 35.2. The van der Waals surface area contributed by atoms with E-state index in [2.05, 4.69) is 47.2 Å². The van der Waals surface area contributed by atoms with Crippen molar-refractivity contribution in [2.24, 2.45) is 0 Å². The lowest BCUT2D eigenvalue weighted by atomic mass is 10.0. The molecule has 0 aliphatic carbocycles. The normalized spacial score (nSPS) is 12.6. The molecule has 1 unspecified atom stereocenters. The third-order valence-corrected chi connectivity index (χ3v) is 7.46. The maximum Gasteiger partial charge on any atom is 0.506 e. The minimum Gasteiger partial charge on any atom is -0.450 e. The molecule has 0 aliphatic rings. The van der Waals surface area contributed by atoms with Gasteiger partial charge in [0.05, 0.1) is 0 Å². The predicted octanol–water partition coefficient (Wildman–Crippen LogP) is 11.9. The van der Waals surface area contributed by atoms with Gasteiger partial charge in [-0.15, -0.1) is 0 Å². The van der Waals surface area contributed by atoms with Crippen LogP contribution in [0.2, 0.25) is 0 Å². The first-order valence-electron chi connectivity index (χ1n) is 15.5. The standard InChI is InChI=1S/C32H59BrO3/c1-2-3-4-5-6-7-8-9-10-11-13-16-19-22-25-28-31(36-32(34)35)29-26-23-20-17-14-12-15-18-21-24-27-30-33/h6-7,9-10,31H,2-5,8,11-30H2,1H3,(H,34,35). The van der Waals surface area contributed by atoms with E-state index in [9.17, 15) is 4.79 Å². The molecule has 212 valence electrons. The van der Waals surface area contributed by atoms with Crippen molar-refractivity contribution >= 4 is 22.1 Å². The molecule has 4 heteroatoms. The number of hydrogen-bond donors (Lipinski definition) is 1. The van der Waals surface area contributed by atoms with Gasteiger partial charge in [-0.25, -0.2) is 4.79 Å². The van der Waals surface area contributed by atoms with Gasteiger partial charge in [-0.3, -0.25) is 0 Å². The summed E-state index contributed by atoms with van der Waals surface area (Å²) in [5, 5.41) is 10.2. The summed E-state index contributed by atoms with van der Waals surface area (Å²) in [7, 11) is 0. The summed E-state index contributed by atoms with van der Waals surface area (Å²) in [6.07, 6.45) is 37.6. The summed E-state index contributed by atoms with van der Waals surface area (Å²) in [5.41, 5.74) is 0. The van der Waals surface area contributed by atoms with E-state index < -0.39 is 6.16 Å². The van der Waals surface area contributed by atoms with Crippen LogP contribution in [-0.4, -0.2) is 22.7 Å². The molecule has 0 aliphatic heterocycles. The monoisotopic (exact) mass is 570 g/mol. The van der Waals surface area contributed by atoms with Crippen molar-refractivity contribution in [3.05, 3.63) is 24.3 Å². The second-order valence-electron chi connectivity index (χ2n) is 10.4. The average Bonchev–Trinajstić information content (AvgIpc) is 2.86. The van der Waals surface area contributed by atoms with Gasteiger partial charge in [0.15, 0.2) is 0 Å². The molecule has 0 spiro atoms. The Morgan fingerprint density at radius 1 is 0.639 bits per heavy atom. The van der Waals surface area contributed by atoms with E-state index in [-0.39, 0.29) is 6.10 Å². The third-order valence-electron chi connectivity index (χ3n) is 6.90. The first-order valence-corrected chi connectivity index (χ1v) is 16.6. The highest BCUT2D eigenvalue weighted by atomic mass is 79.9. The van der Waals surface area contributed by atoms with Gasteiger partial charge in [-0.1, -0.05) is 137 Å². The van der Waals surface area contributed by atoms with Crippen LogP contribution >= 0.6 is 15.9 Å². The van der Waals surface area contributed by atoms with Crippen LogP contribution in [0.5, 0.6) is 0 Å². The number of carboxylic acid groups (broad SMARTS) is 1. The van der Waals surface area contributed by atoms with E-state index in [0.717, 1.165) is 37.4 Å². The number of hydrogen-bond acceptors (Lipinski definition) is 2. The van der Waals surface area contributed by atoms with Crippen LogP contribution in [0.1, 0.15) is 161 Å². The van der Waals surface area contributed by atoms with Gasteiger partial charge >= 0.3 is 6.16 Å². The zero-order valence-electron chi connectivity index (χ0n) is 23.7. The van der Waals surface area contributed by atoms with Crippen LogP contribution in [0.4, 0.5) is 4.79 Å². The van der Waals surface area contributed by atoms with Gasteiger partial charge in [-0.05, 0) is 64.2 Å². The number of halogens is 1. The molecule has 0 saturated heterocycles. The Morgan fingerprint density at radius 2 is 1.06 bits per heavy atom. The Balaban J connectivity index is 3.60. The minimum atomic E-state index is -1.11. The largest absolute Gasteiger partial charge is 0.506 e. The highest BCUT2D eigenvalue weighted by Gasteiger charge is 2.13. The van der Waals surface area contributed by atoms with Crippen molar-refractivity contribution < 1.29 is 14.6 Å². The molecular formula is C32H59BrO3. The summed E-state index contributed by atoms with van der Waals surface area (Å²) in [4.78, 5) is 11.1. The lowest BCUT2D eigenvalue weighted by Gasteiger charge is -2.15. The predicted molar refractivity (Wildman–Crippen MR) is 161 cm³/mol. The van der Waals surface area contributed by atoms with Gasteiger partial charge in [0.25, 0.3) is 0 Å². The zero-order valence-corrected chi connectivity index (χ0v) is 25.3. The van der Waals surface area contributed by atoms with Crippen LogP contribution in [0, 0.1) is 0 Å². The smallest absolute Gasteiger partial charge is 0.450 e. The van der Waals surface area contributed by atoms with Gasteiger partial charge in [0.1, 0.15) is 6.10 Å². The molecular weight excluding hydrogens is 512 g/mol. The Morgan fingerprint density at radius 3 is 1.50 bits per heavy atom. The van der Waals surface area contributed by atoms with E-state index in [1.807, 2.05) is 0 Å². The maximum atomic E-state index is 11.1. The lowest BCUT2D eigenvalue weighted by molar-refractivity contribution is 0.0422. The van der Waals surface area contributed by atoms with E-state index in [1.165, 1.54) is 122 Å². The Kier molecular flexibility index (Phi) is 29.8. The molecule has 0 radical (unpaired) electrons. The molecule has 0 aromatic rings. The fourth-order valence-corrected chi connectivity index (χ4v) is 5.04. The molecule has 1 N–H and O–H groups in total. The Bertz CT molecular complexity index is 504. The van der Waals surface area contributed by atoms with Crippen molar-refractivity contribution in [2.45, 2.75) is 167 Å². The number of alkyl halides is 1. The van der Waals surface area contributed by atoms with Gasteiger partial charge in [0, 0.05) is 5.33 Å². The van der Waals surface area contributed by atoms with E-state index >= 15 is 0 Å². The van der Waals surface area contributed by atoms with Crippen molar-refractivity contribution in [1.29, 1.82) is 0 Å². The summed E-state index contributed by atoms with van der Waals surface area (Å²) < 4.78 is 5.17. The number of rotatable bonds is 28. The summed E-state index contributed by atoms with van der Waals surface area (Å²) in [6.45, 7) is 2.25. The highest BCUT2D eigenvalue weighted by molar-refractivity contribution is 9.09. The number of unbranched alkanes of at least 4 members (excludes halogenated alkanes) is 18. The Hall–Kier alpha value is -0.770. The molecule has 0 fully saturated rings. The molecule has 0 bridgehead atoms. The molecule has 0 saturated carbocycles. The van der Waals surface area contributed by atoms with Crippen LogP contribution in [0.3, 0.4) is 0 Å². The molecule has 1 atom stereocenters. The number of ether oxygens (including phenoxy) is 1. The molecule has 0 aromatic carbocycles. The quantitative estimate of drug-likeness (QED) is 0.0440. The second-order valence-corrected chi connectivity index (χ2v) is 11.2. The van der Waals surface area contributed by atoms with E-state index in [0.29, 0.717) is 0 Å². The van der Waals surface area contributed by atoms with Crippen molar-refractivity contribution in [2.75, 3.05) is 5.33 Å². The third kappa shape index (κ3) is 29.5. The first-order chi connectivity index (χ1) is 17.7. The zero-order chi connectivity index (χ0) is 26.4. The van der Waals surface area contributed by atoms with Gasteiger partial charge < -0.3 is 9.84 Å². The summed E-state index contributed by atoms with van der Waals surface area (Å²) in [6, 6.07) is 0. The molecule has 0 amide bonds. The summed E-state index contributed by atoms with van der Waals surface area (Å²) in [5.74, 6) is 0. The lowest BCUT2D eigenvalue weighted by Crippen LogP contribution is -2.16. The van der Waals surface area contributed by atoms with Crippen LogP contribution in [0.15, 0.2) is 24.3 Å². The fraction of sp³-hybridized carbons (Fsp3) is 0.844. The number of allylic oxidation sites excluding steroid dienone is 4. The molecule has 3 nitrogen and oxygen atoms in total. The molecule has 0 aromatic heterocycles. The highest BCUT2D eigenvalue weighted by Crippen LogP contribution is 2.18. The SMILES string of the molecule is CCCCCC=CCC=CCCCCCCCC(CCCCCCCCCCCCCBr)OC(=O)O. The maximum absolute atomic E-state index is 11.1. The van der Waals surface area contributed by atoms with Crippen molar-refractivity contribution in [1.82, 2.24) is 0 Å². The van der Waals surface area contributed by atoms with E-state index in [1.54, 1.807) is 0 Å². The van der Waals surface area contributed by atoms with Crippen molar-refractivity contribution in [3.8, 4) is 0 Å². The minimum absolute atomic E-state index is 0.111. The van der Waals surface area contributed by atoms with Crippen molar-refractivity contribution in [3.63, 3.8) is 0 Å². The average molecular weight is 572 g/mol. The van der Waals surface area contributed by atoms with Gasteiger partial charge in [0.2, 0.25) is 0 Å². The second kappa shape index (κ2) is 30.5. The molecule has 0 heterocycles. The van der Waals surface area contributed by atoms with Crippen LogP contribution in [0.25, 0.3) is 0 Å². The molecule has 0 rings (SSSR count). The Labute approximate surface area is 233 Å². The van der Waals surface area contributed by atoms with Gasteiger partial charge in [-0.2, -0.15) is 0 Å². The van der Waals surface area contributed by atoms with E-state index in [4.69, 9.17) is 9.84 Å². The number of carbonyl (C=O) groups is 1. The molecule has 36 heavy (non-hydrogen) atoms. The topological polar surface area (TPSA) is 46.5 Å². The van der Waals surface area contributed by atoms with Crippen LogP contribution in [-0.2, 0) is 4.74 Å². The fourth-order valence-electron chi connectivity index (χ4n) is 4.65.